The molecule has 2 aliphatic heterocycles. The fourth-order valence-corrected chi connectivity index (χ4v) is 8.24. The number of hydrogen-bond acceptors (Lipinski definition) is 13. The topological polar surface area (TPSA) is 144 Å². The maximum absolute atomic E-state index is 14.6. The molecule has 5 heterocycles. The smallest absolute Gasteiger partial charge is 0.376 e. The Morgan fingerprint density at radius 2 is 1.90 bits per heavy atom. The van der Waals surface area contributed by atoms with Crippen LogP contribution < -0.4 is 15.0 Å². The molecular formula is C36H41FN10O3. The van der Waals surface area contributed by atoms with Gasteiger partial charge in [-0.3, -0.25) is 4.90 Å². The molecule has 2 saturated heterocycles. The van der Waals surface area contributed by atoms with Crippen molar-refractivity contribution in [3.05, 3.63) is 66.6 Å². The molecule has 50 heavy (non-hydrogen) atoms. The molecule has 8 rings (SSSR count). The van der Waals surface area contributed by atoms with Crippen molar-refractivity contribution in [2.24, 2.45) is 17.3 Å². The Bertz CT molecular complexity index is 1880. The van der Waals surface area contributed by atoms with Gasteiger partial charge in [0.15, 0.2) is 5.82 Å². The van der Waals surface area contributed by atoms with Crippen LogP contribution >= 0.6 is 0 Å². The van der Waals surface area contributed by atoms with Crippen LogP contribution in [-0.4, -0.2) is 91.4 Å². The van der Waals surface area contributed by atoms with E-state index in [4.69, 9.17) is 9.47 Å². The molecule has 3 aromatic heterocycles. The van der Waals surface area contributed by atoms with Crippen molar-refractivity contribution < 1.29 is 18.7 Å². The largest absolute Gasteiger partial charge is 0.463 e. The molecule has 0 amide bonds. The Labute approximate surface area is 290 Å². The van der Waals surface area contributed by atoms with Gasteiger partial charge in [0.1, 0.15) is 30.0 Å². The van der Waals surface area contributed by atoms with Gasteiger partial charge in [-0.1, -0.05) is 13.8 Å². The van der Waals surface area contributed by atoms with Gasteiger partial charge in [0.25, 0.3) is 5.88 Å². The Balaban J connectivity index is 0.919. The van der Waals surface area contributed by atoms with Crippen molar-refractivity contribution in [1.82, 2.24) is 40.0 Å². The third-order valence-electron chi connectivity index (χ3n) is 10.7. The number of likely N-dealkylation sites (tertiary alicyclic amines) is 1. The van der Waals surface area contributed by atoms with Gasteiger partial charge in [0.05, 0.1) is 12.8 Å². The van der Waals surface area contributed by atoms with Crippen molar-refractivity contribution in [1.29, 1.82) is 0 Å². The minimum Gasteiger partial charge on any atom is -0.463 e. The highest BCUT2D eigenvalue weighted by Gasteiger charge is 2.53. The molecular weight excluding hydrogens is 639 g/mol. The first kappa shape index (κ1) is 32.4. The summed E-state index contributed by atoms with van der Waals surface area (Å²) in [6, 6.07) is 7.07. The maximum atomic E-state index is 14.6. The fraction of sp³-hybridized carbons (Fsp3) is 0.500. The normalized spacial score (nSPS) is 21.8. The first-order valence-electron chi connectivity index (χ1n) is 17.4. The monoisotopic (exact) mass is 680 g/mol. The summed E-state index contributed by atoms with van der Waals surface area (Å²) in [6.07, 6.45) is 11.6. The molecule has 4 aromatic rings. The number of ether oxygens (including phenoxy) is 2. The molecule has 260 valence electrons. The highest BCUT2D eigenvalue weighted by Crippen LogP contribution is 2.48. The van der Waals surface area contributed by atoms with Gasteiger partial charge in [-0.05, 0) is 68.2 Å². The highest BCUT2D eigenvalue weighted by molar-refractivity contribution is 5.85. The number of nitrogens with zero attached hydrogens (tertiary/aromatic N) is 9. The van der Waals surface area contributed by atoms with E-state index in [0.717, 1.165) is 69.5 Å². The first-order chi connectivity index (χ1) is 24.3. The summed E-state index contributed by atoms with van der Waals surface area (Å²) in [6.45, 7) is 8.39. The molecule has 2 saturated carbocycles. The summed E-state index contributed by atoms with van der Waals surface area (Å²) in [5.41, 5.74) is 2.45. The Morgan fingerprint density at radius 1 is 1.06 bits per heavy atom. The third kappa shape index (κ3) is 6.32. The van der Waals surface area contributed by atoms with E-state index in [1.807, 2.05) is 0 Å². The molecule has 2 aliphatic carbocycles. The molecule has 1 N–H and O–H groups in total. The molecule has 0 unspecified atom stereocenters. The first-order valence-corrected chi connectivity index (χ1v) is 17.4. The number of benzene rings is 1. The second-order valence-electron chi connectivity index (χ2n) is 14.6. The summed E-state index contributed by atoms with van der Waals surface area (Å²) in [5, 5.41) is 11.9. The van der Waals surface area contributed by atoms with Crippen molar-refractivity contribution >= 4 is 17.6 Å². The Hall–Kier alpha value is -4.85. The zero-order valence-corrected chi connectivity index (χ0v) is 28.5. The number of esters is 1. The molecule has 1 atom stereocenters. The average Bonchev–Trinajstić information content (AvgIpc) is 3.85. The lowest BCUT2D eigenvalue weighted by atomic mass is 9.68. The van der Waals surface area contributed by atoms with Crippen LogP contribution in [0.5, 0.6) is 11.6 Å². The van der Waals surface area contributed by atoms with Crippen molar-refractivity contribution in [2.45, 2.75) is 64.0 Å². The molecule has 1 spiro atoms. The van der Waals surface area contributed by atoms with Crippen LogP contribution in [0, 0.1) is 23.1 Å². The van der Waals surface area contributed by atoms with Crippen LogP contribution in [0.4, 0.5) is 16.0 Å². The van der Waals surface area contributed by atoms with E-state index in [0.29, 0.717) is 58.7 Å². The summed E-state index contributed by atoms with van der Waals surface area (Å²) < 4.78 is 25.7. The quantitative estimate of drug-likeness (QED) is 0.209. The van der Waals surface area contributed by atoms with Gasteiger partial charge >= 0.3 is 5.97 Å². The predicted molar refractivity (Wildman–Crippen MR) is 182 cm³/mol. The lowest BCUT2D eigenvalue weighted by Gasteiger charge is -2.57. The number of anilines is 2. The van der Waals surface area contributed by atoms with E-state index in [1.54, 1.807) is 30.9 Å². The predicted octanol–water partition coefficient (Wildman–Crippen LogP) is 5.14. The van der Waals surface area contributed by atoms with Crippen molar-refractivity contribution in [3.63, 3.8) is 0 Å². The zero-order valence-electron chi connectivity index (χ0n) is 28.5. The highest BCUT2D eigenvalue weighted by atomic mass is 19.1. The minimum atomic E-state index is -0.542. The zero-order chi connectivity index (χ0) is 34.4. The molecule has 0 radical (unpaired) electrons. The lowest BCUT2D eigenvalue weighted by Crippen LogP contribution is -2.65. The van der Waals surface area contributed by atoms with E-state index in [2.05, 4.69) is 64.1 Å². The molecule has 13 nitrogen and oxygen atoms in total. The van der Waals surface area contributed by atoms with Gasteiger partial charge in [-0.2, -0.15) is 0 Å². The number of hydrogen-bond donors (Lipinski definition) is 1. The SMILES string of the molecule is COC(=O)c1nccc(NC2CC([C@@H](C(C)C)N3CC4(CCN(c5ncnnc5Oc5ccc(F)cc5-c5cncnc5C5CC5)C4)C3)C2)n1. The number of methoxy groups -OCH3 is 1. The molecule has 0 bridgehead atoms. The van der Waals surface area contributed by atoms with Crippen LogP contribution in [0.3, 0.4) is 0 Å². The van der Waals surface area contributed by atoms with Crippen LogP contribution in [0.2, 0.25) is 0 Å². The number of nitrogens with one attached hydrogen (secondary N) is 1. The fourth-order valence-electron chi connectivity index (χ4n) is 8.24. The summed E-state index contributed by atoms with van der Waals surface area (Å²) >= 11 is 0. The second kappa shape index (κ2) is 13.1. The van der Waals surface area contributed by atoms with Crippen molar-refractivity contribution in [2.75, 3.05) is 43.5 Å². The van der Waals surface area contributed by atoms with Gasteiger partial charge in [0.2, 0.25) is 5.82 Å². The number of carbonyl (C=O) groups is 1. The minimum absolute atomic E-state index is 0.0614. The molecule has 1 aromatic carbocycles. The van der Waals surface area contributed by atoms with E-state index in [-0.39, 0.29) is 17.1 Å². The average molecular weight is 681 g/mol. The third-order valence-corrected chi connectivity index (χ3v) is 10.7. The Kier molecular flexibility index (Phi) is 8.49. The van der Waals surface area contributed by atoms with Crippen molar-refractivity contribution in [3.8, 4) is 22.8 Å². The van der Waals surface area contributed by atoms with E-state index in [1.165, 1.54) is 25.6 Å². The second-order valence-corrected chi connectivity index (χ2v) is 14.6. The maximum Gasteiger partial charge on any atom is 0.376 e. The molecule has 14 heteroatoms. The van der Waals surface area contributed by atoms with Gasteiger partial charge in [0, 0.05) is 73.1 Å². The van der Waals surface area contributed by atoms with E-state index >= 15 is 0 Å². The van der Waals surface area contributed by atoms with Gasteiger partial charge in [-0.15, -0.1) is 10.2 Å². The number of carbonyl (C=O) groups excluding carboxylic acids is 1. The van der Waals surface area contributed by atoms with E-state index in [9.17, 15) is 9.18 Å². The molecule has 4 aliphatic rings. The van der Waals surface area contributed by atoms with Gasteiger partial charge in [-0.25, -0.2) is 34.1 Å². The summed E-state index contributed by atoms with van der Waals surface area (Å²) in [7, 11) is 1.33. The standard InChI is InChI=1S/C36H41FN10O3/c1-21(2)31(23-12-25(13-23)43-29-8-10-39-32(44-29)35(48)49-3)47-17-36(18-47)9-11-46(16-36)33-34(45-42-20-41-33)50-28-7-6-24(37)14-26(28)27-15-38-19-40-30(27)22-4-5-22/h6-8,10,14-15,19-23,25,31H,4-5,9,11-13,16-18H2,1-3H3,(H,39,43,44)/t23?,25?,31-/m1/s1. The molecule has 4 fully saturated rings. The van der Waals surface area contributed by atoms with Crippen LogP contribution in [0.1, 0.15) is 68.2 Å². The van der Waals surface area contributed by atoms with Crippen LogP contribution in [0.25, 0.3) is 11.1 Å². The Morgan fingerprint density at radius 3 is 2.68 bits per heavy atom. The lowest BCUT2D eigenvalue weighted by molar-refractivity contribution is -0.0656. The van der Waals surface area contributed by atoms with Crippen LogP contribution in [-0.2, 0) is 4.74 Å². The summed E-state index contributed by atoms with van der Waals surface area (Å²) in [4.78, 5) is 38.5. The van der Waals surface area contributed by atoms with Crippen LogP contribution in [0.15, 0.2) is 49.3 Å². The number of rotatable bonds is 11. The van der Waals surface area contributed by atoms with Gasteiger partial charge < -0.3 is 19.7 Å². The summed E-state index contributed by atoms with van der Waals surface area (Å²) in [5.74, 6) is 2.67. The number of aromatic nitrogens is 7. The number of halogens is 1. The van der Waals surface area contributed by atoms with E-state index < -0.39 is 5.97 Å².